The van der Waals surface area contributed by atoms with E-state index in [1.54, 1.807) is 28.9 Å². The quantitative estimate of drug-likeness (QED) is 0.759. The molecule has 16 heavy (non-hydrogen) atoms. The molecule has 3 aromatic rings. The maximum atomic E-state index is 9.30. The summed E-state index contributed by atoms with van der Waals surface area (Å²) in [4.78, 5) is 7.71. The van der Waals surface area contributed by atoms with Gasteiger partial charge in [-0.25, -0.2) is 4.98 Å². The zero-order valence-electron chi connectivity index (χ0n) is 8.67. The van der Waals surface area contributed by atoms with Crippen LogP contribution in [0.4, 0.5) is 0 Å². The van der Waals surface area contributed by atoms with E-state index in [4.69, 9.17) is 0 Å². The van der Waals surface area contributed by atoms with E-state index >= 15 is 0 Å². The lowest BCUT2D eigenvalue weighted by Crippen LogP contribution is -1.92. The smallest absolute Gasteiger partial charge is 0.194 e. The Hall–Kier alpha value is -1.17. The number of rotatable bonds is 2. The Kier molecular flexibility index (Phi) is 2.31. The van der Waals surface area contributed by atoms with Gasteiger partial charge in [0.1, 0.15) is 0 Å². The number of aliphatic hydroxyl groups is 1. The van der Waals surface area contributed by atoms with E-state index in [-0.39, 0.29) is 6.61 Å². The highest BCUT2D eigenvalue weighted by Crippen LogP contribution is 2.34. The lowest BCUT2D eigenvalue weighted by Gasteiger charge is -2.00. The molecule has 0 bridgehead atoms. The van der Waals surface area contributed by atoms with Crippen LogP contribution in [0.25, 0.3) is 15.5 Å². The van der Waals surface area contributed by atoms with Gasteiger partial charge in [-0.05, 0) is 18.4 Å². The van der Waals surface area contributed by atoms with Crippen LogP contribution < -0.4 is 0 Å². The summed E-state index contributed by atoms with van der Waals surface area (Å²) in [5.41, 5.74) is 2.01. The fourth-order valence-electron chi connectivity index (χ4n) is 1.83. The van der Waals surface area contributed by atoms with E-state index in [0.717, 1.165) is 16.3 Å². The van der Waals surface area contributed by atoms with Gasteiger partial charge < -0.3 is 5.11 Å². The number of aromatic nitrogens is 2. The van der Waals surface area contributed by atoms with Crippen LogP contribution in [0.3, 0.4) is 0 Å². The third kappa shape index (κ3) is 1.32. The Balaban J connectivity index is 2.37. The van der Waals surface area contributed by atoms with E-state index in [9.17, 15) is 5.11 Å². The molecule has 1 N–H and O–H groups in total. The fourth-order valence-corrected chi connectivity index (χ4v) is 3.69. The first-order valence-electron chi connectivity index (χ1n) is 4.91. The highest BCUT2D eigenvalue weighted by molar-refractivity contribution is 7.18. The van der Waals surface area contributed by atoms with Gasteiger partial charge in [-0.3, -0.25) is 4.40 Å². The van der Waals surface area contributed by atoms with Crippen LogP contribution in [0.1, 0.15) is 10.6 Å². The van der Waals surface area contributed by atoms with Crippen LogP contribution in [0, 0.1) is 6.92 Å². The number of hydrogen-bond acceptors (Lipinski definition) is 4. The zero-order chi connectivity index (χ0) is 11.1. The molecule has 3 nitrogen and oxygen atoms in total. The molecule has 0 unspecified atom stereocenters. The van der Waals surface area contributed by atoms with Gasteiger partial charge in [0, 0.05) is 4.88 Å². The molecule has 0 saturated carbocycles. The molecule has 5 heteroatoms. The Labute approximate surface area is 101 Å². The number of imidazole rings is 1. The summed E-state index contributed by atoms with van der Waals surface area (Å²) in [5.74, 6) is 0. The van der Waals surface area contributed by atoms with Gasteiger partial charge in [-0.1, -0.05) is 6.07 Å². The van der Waals surface area contributed by atoms with Gasteiger partial charge >= 0.3 is 0 Å². The molecule has 0 amide bonds. The normalized spacial score (nSPS) is 11.4. The lowest BCUT2D eigenvalue weighted by atomic mass is 10.3. The van der Waals surface area contributed by atoms with Gasteiger partial charge in [0.2, 0.25) is 0 Å². The molecule has 0 aromatic carbocycles. The molecule has 3 heterocycles. The van der Waals surface area contributed by atoms with Crippen molar-refractivity contribution in [2.75, 3.05) is 0 Å². The molecular formula is C11H10N2OS2. The number of aliphatic hydroxyl groups excluding tert-OH is 1. The SMILES string of the molecule is Cc1sc2ncc(CO)n2c1-c1cccs1. The highest BCUT2D eigenvalue weighted by Gasteiger charge is 2.15. The largest absolute Gasteiger partial charge is 0.390 e. The summed E-state index contributed by atoms with van der Waals surface area (Å²) in [6.45, 7) is 2.12. The maximum Gasteiger partial charge on any atom is 0.194 e. The number of fused-ring (bicyclic) bond motifs is 1. The van der Waals surface area contributed by atoms with Crippen molar-refractivity contribution in [3.63, 3.8) is 0 Å². The predicted octanol–water partition coefficient (Wildman–Crippen LogP) is 2.93. The summed E-state index contributed by atoms with van der Waals surface area (Å²) >= 11 is 3.37. The Morgan fingerprint density at radius 3 is 3.06 bits per heavy atom. The van der Waals surface area contributed by atoms with Crippen LogP contribution in [-0.4, -0.2) is 14.5 Å². The first kappa shape index (κ1) is 10.0. The summed E-state index contributed by atoms with van der Waals surface area (Å²) < 4.78 is 2.05. The molecule has 3 aromatic heterocycles. The summed E-state index contributed by atoms with van der Waals surface area (Å²) in [6.07, 6.45) is 1.74. The molecule has 0 fully saturated rings. The van der Waals surface area contributed by atoms with Crippen molar-refractivity contribution < 1.29 is 5.11 Å². The molecule has 0 atom stereocenters. The van der Waals surface area contributed by atoms with Gasteiger partial charge in [0.15, 0.2) is 4.96 Å². The third-order valence-electron chi connectivity index (χ3n) is 2.52. The van der Waals surface area contributed by atoms with Crippen LogP contribution >= 0.6 is 22.7 Å². The third-order valence-corrected chi connectivity index (χ3v) is 4.37. The van der Waals surface area contributed by atoms with Crippen molar-refractivity contribution >= 4 is 27.6 Å². The number of aryl methyl sites for hydroxylation is 1. The second-order valence-corrected chi connectivity index (χ2v) is 5.64. The topological polar surface area (TPSA) is 37.5 Å². The van der Waals surface area contributed by atoms with E-state index in [1.807, 2.05) is 10.5 Å². The minimum atomic E-state index is 0.0235. The first-order chi connectivity index (χ1) is 7.81. The van der Waals surface area contributed by atoms with Crippen LogP contribution in [-0.2, 0) is 6.61 Å². The molecular weight excluding hydrogens is 240 g/mol. The second-order valence-electron chi connectivity index (χ2n) is 3.51. The van der Waals surface area contributed by atoms with Crippen molar-refractivity contribution in [3.05, 3.63) is 34.3 Å². The minimum Gasteiger partial charge on any atom is -0.390 e. The van der Waals surface area contributed by atoms with Gasteiger partial charge in [-0.15, -0.1) is 22.7 Å². The van der Waals surface area contributed by atoms with Crippen molar-refractivity contribution in [1.82, 2.24) is 9.38 Å². The summed E-state index contributed by atoms with van der Waals surface area (Å²) in [5, 5.41) is 11.4. The molecule has 3 rings (SSSR count). The molecule has 0 aliphatic carbocycles. The fraction of sp³-hybridized carbons (Fsp3) is 0.182. The Morgan fingerprint density at radius 1 is 1.50 bits per heavy atom. The van der Waals surface area contributed by atoms with E-state index in [1.165, 1.54) is 9.75 Å². The molecule has 82 valence electrons. The molecule has 0 aliphatic rings. The molecule has 0 aliphatic heterocycles. The predicted molar refractivity (Wildman–Crippen MR) is 67.0 cm³/mol. The van der Waals surface area contributed by atoms with Crippen molar-refractivity contribution in [2.45, 2.75) is 13.5 Å². The van der Waals surface area contributed by atoms with E-state index in [0.29, 0.717) is 0 Å². The molecule has 0 spiro atoms. The number of nitrogens with zero attached hydrogens (tertiary/aromatic N) is 2. The van der Waals surface area contributed by atoms with Crippen LogP contribution in [0.2, 0.25) is 0 Å². The van der Waals surface area contributed by atoms with Crippen LogP contribution in [0.5, 0.6) is 0 Å². The van der Waals surface area contributed by atoms with Gasteiger partial charge in [0.25, 0.3) is 0 Å². The second kappa shape index (κ2) is 3.69. The standard InChI is InChI=1S/C11H10N2OS2/c1-7-10(9-3-2-4-15-9)13-8(6-14)5-12-11(13)16-7/h2-5,14H,6H2,1H3. The van der Waals surface area contributed by atoms with E-state index in [2.05, 4.69) is 23.4 Å². The van der Waals surface area contributed by atoms with Crippen LogP contribution in [0.15, 0.2) is 23.7 Å². The maximum absolute atomic E-state index is 9.30. The lowest BCUT2D eigenvalue weighted by molar-refractivity contribution is 0.276. The molecule has 0 radical (unpaired) electrons. The van der Waals surface area contributed by atoms with Crippen molar-refractivity contribution in [1.29, 1.82) is 0 Å². The summed E-state index contributed by atoms with van der Waals surface area (Å²) in [6, 6.07) is 4.14. The van der Waals surface area contributed by atoms with Gasteiger partial charge in [0.05, 0.1) is 29.1 Å². The monoisotopic (exact) mass is 250 g/mol. The number of hydrogen-bond donors (Lipinski definition) is 1. The van der Waals surface area contributed by atoms with Gasteiger partial charge in [-0.2, -0.15) is 0 Å². The average Bonchev–Trinajstić information content (AvgIpc) is 2.92. The average molecular weight is 250 g/mol. The Bertz CT molecular complexity index is 622. The molecule has 0 saturated heterocycles. The van der Waals surface area contributed by atoms with Crippen molar-refractivity contribution in [2.24, 2.45) is 0 Å². The Morgan fingerprint density at radius 2 is 2.38 bits per heavy atom. The minimum absolute atomic E-state index is 0.0235. The number of thiophene rings is 1. The summed E-state index contributed by atoms with van der Waals surface area (Å²) in [7, 11) is 0. The van der Waals surface area contributed by atoms with Crippen molar-refractivity contribution in [3.8, 4) is 10.6 Å². The number of thiazole rings is 1. The van der Waals surface area contributed by atoms with E-state index < -0.39 is 0 Å². The zero-order valence-corrected chi connectivity index (χ0v) is 10.3. The highest BCUT2D eigenvalue weighted by atomic mass is 32.1. The first-order valence-corrected chi connectivity index (χ1v) is 6.61.